The molecule has 0 nitrogen and oxygen atoms in total. The van der Waals surface area contributed by atoms with Crippen molar-refractivity contribution in [2.75, 3.05) is 0 Å². The molecular weight excluding hydrogens is 144 g/mol. The smallest absolute Gasteiger partial charge is 0.00297 e. The van der Waals surface area contributed by atoms with E-state index in [-0.39, 0.29) is 7.43 Å². The number of rotatable bonds is 2. The molecule has 0 fully saturated rings. The van der Waals surface area contributed by atoms with Crippen molar-refractivity contribution in [3.8, 4) is 25.2 Å². The van der Waals surface area contributed by atoms with Crippen molar-refractivity contribution in [2.45, 2.75) is 41.0 Å². The summed E-state index contributed by atoms with van der Waals surface area (Å²) in [6.45, 7) is 9.71. The predicted octanol–water partition coefficient (Wildman–Crippen LogP) is 3.89. The zero-order chi connectivity index (χ0) is 9.70. The quantitative estimate of drug-likeness (QED) is 0.431. The van der Waals surface area contributed by atoms with Gasteiger partial charge in [-0.1, -0.05) is 33.4 Å². The van der Waals surface area contributed by atoms with Gasteiger partial charge in [-0.05, 0) is 19.8 Å². The van der Waals surface area contributed by atoms with Crippen LogP contribution in [0.3, 0.4) is 0 Å². The van der Waals surface area contributed by atoms with E-state index in [2.05, 4.69) is 45.6 Å². The van der Waals surface area contributed by atoms with Gasteiger partial charge < -0.3 is 0 Å². The van der Waals surface area contributed by atoms with Crippen LogP contribution >= 0.6 is 0 Å². The number of terminal acetylenes is 2. The highest BCUT2D eigenvalue weighted by Gasteiger charge is 1.78. The maximum absolute atomic E-state index is 4.60. The van der Waals surface area contributed by atoms with E-state index in [1.165, 1.54) is 5.57 Å². The molecule has 0 aromatic carbocycles. The van der Waals surface area contributed by atoms with Crippen LogP contribution in [0.15, 0.2) is 12.2 Å². The molecule has 70 valence electrons. The molecule has 0 radical (unpaired) electrons. The van der Waals surface area contributed by atoms with E-state index in [9.17, 15) is 0 Å². The van der Waals surface area contributed by atoms with Crippen LogP contribution in [0.5, 0.6) is 0 Å². The third kappa shape index (κ3) is 66.9. The Morgan fingerprint density at radius 2 is 1.42 bits per heavy atom. The Hall–Kier alpha value is -1.14. The van der Waals surface area contributed by atoms with Gasteiger partial charge in [0.05, 0.1) is 0 Å². The molecule has 0 aliphatic heterocycles. The van der Waals surface area contributed by atoms with E-state index in [0.29, 0.717) is 0 Å². The highest BCUT2D eigenvalue weighted by Crippen LogP contribution is 1.98. The monoisotopic (exact) mass is 166 g/mol. The molecule has 0 N–H and O–H groups in total. The minimum Gasteiger partial charge on any atom is -0.124 e. The minimum absolute atomic E-state index is 0. The van der Waals surface area contributed by atoms with E-state index in [0.717, 1.165) is 12.8 Å². The van der Waals surface area contributed by atoms with E-state index in [1.807, 2.05) is 0 Å². The Morgan fingerprint density at radius 1 is 1.25 bits per heavy atom. The van der Waals surface area contributed by atoms with Crippen LogP contribution < -0.4 is 0 Å². The molecule has 0 unspecified atom stereocenters. The lowest BCUT2D eigenvalue weighted by molar-refractivity contribution is 0.986. The zero-order valence-electron chi connectivity index (χ0n) is 7.85. The van der Waals surface area contributed by atoms with Gasteiger partial charge in [-0.3, -0.25) is 0 Å². The summed E-state index contributed by atoms with van der Waals surface area (Å²) in [4.78, 5) is 0. The Bertz CT molecular complexity index is 115. The number of allylic oxidation sites excluding steroid dienone is 1. The number of hydrogen-bond acceptors (Lipinski definition) is 0. The molecule has 0 bridgehead atoms. The van der Waals surface area contributed by atoms with Crippen molar-refractivity contribution < 1.29 is 0 Å². The van der Waals surface area contributed by atoms with Crippen molar-refractivity contribution in [3.63, 3.8) is 0 Å². The normalized spacial score (nSPS) is 5.00. The third-order valence-corrected chi connectivity index (χ3v) is 1.000. The molecule has 0 amide bonds. The molecular formula is C12H22. The summed E-state index contributed by atoms with van der Waals surface area (Å²) in [5, 5.41) is 0. The van der Waals surface area contributed by atoms with E-state index < -0.39 is 0 Å². The summed E-state index contributed by atoms with van der Waals surface area (Å²) in [6, 6.07) is 0. The Labute approximate surface area is 79.1 Å². The second-order valence-corrected chi connectivity index (χ2v) is 1.75. The second-order valence-electron chi connectivity index (χ2n) is 1.75. The lowest BCUT2D eigenvalue weighted by Gasteiger charge is -1.89. The summed E-state index contributed by atoms with van der Waals surface area (Å²) < 4.78 is 0. The predicted molar refractivity (Wildman–Crippen MR) is 60.9 cm³/mol. The van der Waals surface area contributed by atoms with E-state index in [4.69, 9.17) is 0 Å². The van der Waals surface area contributed by atoms with Gasteiger partial charge in [0, 0.05) is 0 Å². The first-order valence-electron chi connectivity index (χ1n) is 3.60. The fourth-order valence-corrected chi connectivity index (χ4v) is 0.250. The van der Waals surface area contributed by atoms with Crippen LogP contribution in [0, 0.1) is 25.2 Å². The van der Waals surface area contributed by atoms with Gasteiger partial charge in [-0.15, -0.1) is 25.2 Å². The number of hydrogen-bond donors (Lipinski definition) is 0. The molecule has 0 heterocycles. The lowest BCUT2D eigenvalue weighted by atomic mass is 10.2. The largest absolute Gasteiger partial charge is 0.124 e. The third-order valence-electron chi connectivity index (χ3n) is 1.000. The van der Waals surface area contributed by atoms with E-state index in [1.54, 1.807) is 6.92 Å². The van der Waals surface area contributed by atoms with Crippen LogP contribution in [-0.4, -0.2) is 0 Å². The Kier molecular flexibility index (Phi) is 61.3. The summed E-state index contributed by atoms with van der Waals surface area (Å²) in [5.41, 5.74) is 1.34. The summed E-state index contributed by atoms with van der Waals surface area (Å²) in [5.74, 6) is 2.25. The SMILES string of the molecule is C.C#C.C#CC.C=C(CC)CC. The fraction of sp³-hybridized carbons (Fsp3) is 0.500. The highest BCUT2D eigenvalue weighted by molar-refractivity contribution is 4.89. The van der Waals surface area contributed by atoms with Crippen molar-refractivity contribution in [1.29, 1.82) is 0 Å². The standard InChI is InChI=1S/C6H12.C3H4.C2H2.CH4/c1-4-6(3)5-2;1-3-2;1-2;/h3-5H2,1-2H3;1H,2H3;1-2H;1H4. The van der Waals surface area contributed by atoms with Crippen LogP contribution in [0.2, 0.25) is 0 Å². The van der Waals surface area contributed by atoms with E-state index >= 15 is 0 Å². The average Bonchev–Trinajstić information content (AvgIpc) is 2.08. The molecule has 0 aromatic heterocycles. The molecule has 0 saturated carbocycles. The van der Waals surface area contributed by atoms with Crippen LogP contribution in [0.4, 0.5) is 0 Å². The summed E-state index contributed by atoms with van der Waals surface area (Å²) in [6.07, 6.45) is 14.9. The topological polar surface area (TPSA) is 0 Å². The van der Waals surface area contributed by atoms with Gasteiger partial charge in [0.25, 0.3) is 0 Å². The molecule has 0 aliphatic rings. The summed E-state index contributed by atoms with van der Waals surface area (Å²) >= 11 is 0. The van der Waals surface area contributed by atoms with Gasteiger partial charge in [0.2, 0.25) is 0 Å². The molecule has 0 heteroatoms. The van der Waals surface area contributed by atoms with Gasteiger partial charge in [0.1, 0.15) is 0 Å². The fourth-order valence-electron chi connectivity index (χ4n) is 0.250. The van der Waals surface area contributed by atoms with Gasteiger partial charge in [-0.2, -0.15) is 0 Å². The van der Waals surface area contributed by atoms with Crippen LogP contribution in [-0.2, 0) is 0 Å². The molecule has 0 rings (SSSR count). The molecule has 12 heavy (non-hydrogen) atoms. The molecule has 0 aliphatic carbocycles. The molecule has 0 atom stereocenters. The van der Waals surface area contributed by atoms with Crippen molar-refractivity contribution >= 4 is 0 Å². The Morgan fingerprint density at radius 3 is 1.42 bits per heavy atom. The second kappa shape index (κ2) is 32.8. The first kappa shape index (κ1) is 22.4. The zero-order valence-corrected chi connectivity index (χ0v) is 7.85. The maximum atomic E-state index is 4.60. The Balaban J connectivity index is -0.0000000462. The van der Waals surface area contributed by atoms with Crippen molar-refractivity contribution in [1.82, 2.24) is 0 Å². The van der Waals surface area contributed by atoms with Gasteiger partial charge in [-0.25, -0.2) is 0 Å². The van der Waals surface area contributed by atoms with Crippen molar-refractivity contribution in [2.24, 2.45) is 0 Å². The minimum atomic E-state index is 0. The van der Waals surface area contributed by atoms with Crippen LogP contribution in [0.1, 0.15) is 41.0 Å². The first-order valence-corrected chi connectivity index (χ1v) is 3.60. The highest BCUT2D eigenvalue weighted by atomic mass is 13.8. The summed E-state index contributed by atoms with van der Waals surface area (Å²) in [7, 11) is 0. The maximum Gasteiger partial charge on any atom is -0.00297 e. The van der Waals surface area contributed by atoms with Gasteiger partial charge >= 0.3 is 0 Å². The first-order chi connectivity index (χ1) is 5.22. The molecule has 0 spiro atoms. The molecule has 0 aromatic rings. The lowest BCUT2D eigenvalue weighted by Crippen LogP contribution is -1.68. The average molecular weight is 166 g/mol. The van der Waals surface area contributed by atoms with Gasteiger partial charge in [0.15, 0.2) is 0 Å². The molecule has 0 saturated heterocycles. The van der Waals surface area contributed by atoms with Crippen LogP contribution in [0.25, 0.3) is 0 Å². The van der Waals surface area contributed by atoms with Crippen molar-refractivity contribution in [3.05, 3.63) is 12.2 Å².